The molecule has 10 heteroatoms. The number of hydrazine groups is 1. The highest BCUT2D eigenvalue weighted by Gasteiger charge is 2.53. The Kier molecular flexibility index (Phi) is 8.48. The fraction of sp³-hybridized carbons (Fsp3) is 0.281. The lowest BCUT2D eigenvalue weighted by Crippen LogP contribution is -2.52. The number of nitrogens with zero attached hydrogens (tertiary/aromatic N) is 2. The number of ketones is 1. The molecule has 8 nitrogen and oxygen atoms in total. The molecule has 1 saturated heterocycles. The van der Waals surface area contributed by atoms with E-state index in [0.717, 1.165) is 22.0 Å². The maximum atomic E-state index is 13.8. The van der Waals surface area contributed by atoms with Crippen molar-refractivity contribution >= 4 is 52.7 Å². The van der Waals surface area contributed by atoms with Gasteiger partial charge in [0.1, 0.15) is 12.3 Å². The Labute approximate surface area is 253 Å². The van der Waals surface area contributed by atoms with E-state index in [1.807, 2.05) is 13.8 Å². The molecule has 2 aliphatic rings. The number of ether oxygens (including phenoxy) is 1. The van der Waals surface area contributed by atoms with E-state index in [-0.39, 0.29) is 27.8 Å². The van der Waals surface area contributed by atoms with Crippen LogP contribution in [-0.2, 0) is 9.59 Å². The van der Waals surface area contributed by atoms with Crippen molar-refractivity contribution < 1.29 is 28.7 Å². The molecule has 0 aromatic heterocycles. The second-order valence-electron chi connectivity index (χ2n) is 10.8. The van der Waals surface area contributed by atoms with Gasteiger partial charge in [-0.2, -0.15) is 5.01 Å². The number of amides is 3. The molecule has 3 amide bonds. The first-order chi connectivity index (χ1) is 20.0. The first-order valence-electron chi connectivity index (χ1n) is 13.6. The Morgan fingerprint density at radius 1 is 0.881 bits per heavy atom. The van der Waals surface area contributed by atoms with Crippen LogP contribution < -0.4 is 4.74 Å². The minimum atomic E-state index is -0.776. The second-order valence-corrected chi connectivity index (χ2v) is 11.7. The molecule has 0 bridgehead atoms. The molecule has 3 aromatic rings. The van der Waals surface area contributed by atoms with Crippen molar-refractivity contribution in [3.8, 4) is 5.75 Å². The third kappa shape index (κ3) is 5.96. The van der Waals surface area contributed by atoms with Crippen LogP contribution >= 0.6 is 23.2 Å². The molecular weight excluding hydrogens is 579 g/mol. The van der Waals surface area contributed by atoms with Gasteiger partial charge in [-0.1, -0.05) is 47.8 Å². The normalized spacial score (nSPS) is 19.8. The van der Waals surface area contributed by atoms with Crippen LogP contribution in [0.25, 0.3) is 0 Å². The fourth-order valence-electron chi connectivity index (χ4n) is 5.44. The van der Waals surface area contributed by atoms with Gasteiger partial charge in [0.2, 0.25) is 0 Å². The lowest BCUT2D eigenvalue weighted by atomic mass is 9.76. The van der Waals surface area contributed by atoms with Gasteiger partial charge in [-0.25, -0.2) is 9.80 Å². The summed E-state index contributed by atoms with van der Waals surface area (Å²) < 4.78 is 5.41. The van der Waals surface area contributed by atoms with Crippen molar-refractivity contribution in [2.75, 3.05) is 6.54 Å². The summed E-state index contributed by atoms with van der Waals surface area (Å²) >= 11 is 12.3. The molecule has 1 heterocycles. The maximum Gasteiger partial charge on any atom is 0.343 e. The molecule has 216 valence electrons. The molecule has 1 aliphatic carbocycles. The Bertz CT molecular complexity index is 1570. The highest BCUT2D eigenvalue weighted by Crippen LogP contribution is 2.41. The van der Waals surface area contributed by atoms with E-state index in [9.17, 15) is 24.0 Å². The monoisotopic (exact) mass is 606 g/mol. The Hall–Kier alpha value is -4.01. The van der Waals surface area contributed by atoms with E-state index in [1.54, 1.807) is 24.3 Å². The summed E-state index contributed by atoms with van der Waals surface area (Å²) in [6.07, 6.45) is 1.87. The molecule has 5 rings (SSSR count). The first-order valence-corrected chi connectivity index (χ1v) is 14.4. The zero-order valence-electron chi connectivity index (χ0n) is 23.0. The number of esters is 1. The average molecular weight is 607 g/mol. The van der Waals surface area contributed by atoms with Crippen LogP contribution in [0.1, 0.15) is 62.8 Å². The number of hydrogen-bond acceptors (Lipinski definition) is 6. The Morgan fingerprint density at radius 3 is 2.19 bits per heavy atom. The van der Waals surface area contributed by atoms with Crippen molar-refractivity contribution in [1.82, 2.24) is 10.0 Å². The molecule has 3 atom stereocenters. The highest BCUT2D eigenvalue weighted by atomic mass is 35.5. The van der Waals surface area contributed by atoms with Crippen LogP contribution in [0.15, 0.2) is 66.7 Å². The number of Topliss-reactive ketones (excluding diaryl/α,β-unsaturated/α-hetero) is 1. The summed E-state index contributed by atoms with van der Waals surface area (Å²) in [6.45, 7) is 3.34. The molecule has 1 saturated carbocycles. The van der Waals surface area contributed by atoms with Gasteiger partial charge in [0.05, 0.1) is 28.0 Å². The number of carbonyl (C=O) groups is 5. The molecule has 0 N–H and O–H groups in total. The fourth-order valence-corrected chi connectivity index (χ4v) is 5.93. The summed E-state index contributed by atoms with van der Waals surface area (Å²) in [4.78, 5) is 66.7. The molecule has 2 fully saturated rings. The van der Waals surface area contributed by atoms with Crippen LogP contribution in [0.5, 0.6) is 5.75 Å². The van der Waals surface area contributed by atoms with E-state index in [0.29, 0.717) is 23.4 Å². The van der Waals surface area contributed by atoms with Gasteiger partial charge in [0.25, 0.3) is 17.7 Å². The minimum Gasteiger partial charge on any atom is -0.423 e. The van der Waals surface area contributed by atoms with Crippen LogP contribution in [0, 0.1) is 24.7 Å². The van der Waals surface area contributed by atoms with Gasteiger partial charge in [-0.05, 0) is 86.7 Å². The molecule has 0 spiro atoms. The minimum absolute atomic E-state index is 0.00364. The maximum absolute atomic E-state index is 13.8. The quantitative estimate of drug-likeness (QED) is 0.138. The summed E-state index contributed by atoms with van der Waals surface area (Å²) in [7, 11) is 0. The molecule has 42 heavy (non-hydrogen) atoms. The van der Waals surface area contributed by atoms with Crippen LogP contribution in [0.2, 0.25) is 10.0 Å². The summed E-state index contributed by atoms with van der Waals surface area (Å²) in [6, 6.07) is 17.0. The van der Waals surface area contributed by atoms with Gasteiger partial charge in [0.15, 0.2) is 5.78 Å². The van der Waals surface area contributed by atoms with E-state index in [1.165, 1.54) is 42.5 Å². The zero-order chi connectivity index (χ0) is 30.1. The van der Waals surface area contributed by atoms with Crippen molar-refractivity contribution in [3.05, 3.63) is 99.0 Å². The van der Waals surface area contributed by atoms with E-state index in [4.69, 9.17) is 27.9 Å². The molecular formula is C32H28Cl2N2O6. The Morgan fingerprint density at radius 2 is 1.52 bits per heavy atom. The average Bonchev–Trinajstić information content (AvgIpc) is 3.20. The SMILES string of the molecule is Cc1ccc(C(=O)Oc2ccc(C(=O)CN(C(=O)c3ccc(Cl)cc3Cl)N3C(=O)[C@@H]4CC[C@@H](C)C[C@H]4C3=O)cc2)cc1. The van der Waals surface area contributed by atoms with E-state index < -0.39 is 47.9 Å². The number of rotatable bonds is 7. The lowest BCUT2D eigenvalue weighted by molar-refractivity contribution is -0.154. The van der Waals surface area contributed by atoms with Gasteiger partial charge in [0, 0.05) is 10.6 Å². The third-order valence-corrected chi connectivity index (χ3v) is 8.32. The standard InChI is InChI=1S/C32H28Cl2N2O6/c1-18-3-6-21(7-4-18)32(41)42-23-11-8-20(9-12-23)28(37)17-35(29(38)25-14-10-22(33)16-27(25)34)36-30(39)24-13-5-19(2)15-26(24)31(36)40/h3-4,6-12,14,16,19,24,26H,5,13,15,17H2,1-2H3/t19-,24-,26-/m1/s1. The smallest absolute Gasteiger partial charge is 0.343 e. The number of aryl methyl sites for hydroxylation is 1. The second kappa shape index (κ2) is 12.1. The van der Waals surface area contributed by atoms with Crippen molar-refractivity contribution in [2.24, 2.45) is 17.8 Å². The predicted molar refractivity (Wildman–Crippen MR) is 156 cm³/mol. The Balaban J connectivity index is 1.39. The van der Waals surface area contributed by atoms with Crippen molar-refractivity contribution in [2.45, 2.75) is 33.1 Å². The predicted octanol–water partition coefficient (Wildman–Crippen LogP) is 6.18. The summed E-state index contributed by atoms with van der Waals surface area (Å²) in [5, 5.41) is 2.04. The molecule has 0 unspecified atom stereocenters. The number of carbonyl (C=O) groups excluding carboxylic acids is 5. The van der Waals surface area contributed by atoms with Crippen LogP contribution in [-0.4, -0.2) is 46.0 Å². The van der Waals surface area contributed by atoms with Gasteiger partial charge < -0.3 is 4.74 Å². The summed E-state index contributed by atoms with van der Waals surface area (Å²) in [5.41, 5.74) is 1.57. The number of benzene rings is 3. The molecule has 1 aliphatic heterocycles. The lowest BCUT2D eigenvalue weighted by Gasteiger charge is -2.30. The molecule has 3 aromatic carbocycles. The van der Waals surface area contributed by atoms with E-state index in [2.05, 4.69) is 0 Å². The first kappa shape index (κ1) is 29.5. The summed E-state index contributed by atoms with van der Waals surface area (Å²) in [5.74, 6) is -3.46. The zero-order valence-corrected chi connectivity index (χ0v) is 24.5. The van der Waals surface area contributed by atoms with Gasteiger partial charge >= 0.3 is 5.97 Å². The third-order valence-electron chi connectivity index (χ3n) is 7.77. The largest absolute Gasteiger partial charge is 0.423 e. The van der Waals surface area contributed by atoms with Gasteiger partial charge in [-0.3, -0.25) is 19.2 Å². The number of halogens is 2. The van der Waals surface area contributed by atoms with Crippen LogP contribution in [0.3, 0.4) is 0 Å². The number of imide groups is 1. The highest BCUT2D eigenvalue weighted by molar-refractivity contribution is 6.36. The van der Waals surface area contributed by atoms with Crippen molar-refractivity contribution in [3.63, 3.8) is 0 Å². The topological polar surface area (TPSA) is 101 Å². The number of hydrogen-bond donors (Lipinski definition) is 0. The molecule has 0 radical (unpaired) electrons. The van der Waals surface area contributed by atoms with Gasteiger partial charge in [-0.15, -0.1) is 0 Å². The number of fused-ring (bicyclic) bond motifs is 1. The van der Waals surface area contributed by atoms with Crippen LogP contribution in [0.4, 0.5) is 0 Å². The van der Waals surface area contributed by atoms with E-state index >= 15 is 0 Å². The van der Waals surface area contributed by atoms with Crippen molar-refractivity contribution in [1.29, 1.82) is 0 Å².